The van der Waals surface area contributed by atoms with Gasteiger partial charge in [0.1, 0.15) is 24.1 Å². The molecule has 1 aliphatic carbocycles. The van der Waals surface area contributed by atoms with Crippen LogP contribution in [0.5, 0.6) is 5.75 Å². The molecule has 102 valence electrons. The molecular formula is C14H16O5. The Kier molecular flexibility index (Phi) is 3.28. The van der Waals surface area contributed by atoms with Crippen molar-refractivity contribution in [2.45, 2.75) is 31.0 Å². The van der Waals surface area contributed by atoms with Crippen molar-refractivity contribution < 1.29 is 24.8 Å². The zero-order valence-corrected chi connectivity index (χ0v) is 10.3. The number of allylic oxidation sites excluding steroid dienone is 1. The van der Waals surface area contributed by atoms with Gasteiger partial charge in [-0.05, 0) is 29.7 Å². The Hall–Kier alpha value is -1.40. The number of fused-ring (bicyclic) bond motifs is 1. The number of rotatable bonds is 3. The molecule has 3 rings (SSSR count). The van der Waals surface area contributed by atoms with Crippen molar-refractivity contribution >= 4 is 6.08 Å². The fourth-order valence-corrected chi connectivity index (χ4v) is 2.40. The van der Waals surface area contributed by atoms with Gasteiger partial charge in [-0.25, -0.2) is 0 Å². The summed E-state index contributed by atoms with van der Waals surface area (Å²) in [5.74, 6) is 0.570. The fourth-order valence-electron chi connectivity index (χ4n) is 2.40. The predicted octanol–water partition coefficient (Wildman–Crippen LogP) is 0.0737. The molecule has 1 aromatic carbocycles. The highest BCUT2D eigenvalue weighted by molar-refractivity contribution is 5.61. The van der Waals surface area contributed by atoms with E-state index in [1.807, 2.05) is 18.2 Å². The molecule has 1 heterocycles. The Balaban J connectivity index is 1.73. The number of benzene rings is 1. The van der Waals surface area contributed by atoms with E-state index in [4.69, 9.17) is 14.6 Å². The minimum Gasteiger partial charge on any atom is -0.462 e. The zero-order valence-electron chi connectivity index (χ0n) is 10.3. The van der Waals surface area contributed by atoms with Crippen LogP contribution in [0.25, 0.3) is 6.08 Å². The smallest absolute Gasteiger partial charge is 0.229 e. The summed E-state index contributed by atoms with van der Waals surface area (Å²) in [6.07, 6.45) is 0.930. The van der Waals surface area contributed by atoms with E-state index < -0.39 is 24.6 Å². The van der Waals surface area contributed by atoms with Gasteiger partial charge in [-0.15, -0.1) is 0 Å². The van der Waals surface area contributed by atoms with Crippen LogP contribution in [0, 0.1) is 0 Å². The van der Waals surface area contributed by atoms with Crippen molar-refractivity contribution in [3.05, 3.63) is 35.4 Å². The molecule has 19 heavy (non-hydrogen) atoms. The van der Waals surface area contributed by atoms with Crippen molar-refractivity contribution in [2.75, 3.05) is 6.61 Å². The van der Waals surface area contributed by atoms with Gasteiger partial charge in [0.15, 0.2) is 0 Å². The van der Waals surface area contributed by atoms with Gasteiger partial charge in [0, 0.05) is 0 Å². The lowest BCUT2D eigenvalue weighted by Crippen LogP contribution is -2.35. The van der Waals surface area contributed by atoms with E-state index in [0.29, 0.717) is 5.75 Å². The van der Waals surface area contributed by atoms with Gasteiger partial charge in [-0.3, -0.25) is 0 Å². The lowest BCUT2D eigenvalue weighted by Gasteiger charge is -2.17. The third-order valence-electron chi connectivity index (χ3n) is 3.50. The molecule has 0 spiro atoms. The third kappa shape index (κ3) is 2.26. The maximum atomic E-state index is 9.79. The van der Waals surface area contributed by atoms with Gasteiger partial charge in [0.2, 0.25) is 6.29 Å². The summed E-state index contributed by atoms with van der Waals surface area (Å²) in [4.78, 5) is 0. The molecular weight excluding hydrogens is 248 g/mol. The SMILES string of the molecule is OC[C@H]1O[C@@H](Oc2ccc3c(c2)C=CC3)[C@H](O)[C@H]1O. The van der Waals surface area contributed by atoms with E-state index in [2.05, 4.69) is 6.08 Å². The van der Waals surface area contributed by atoms with E-state index in [-0.39, 0.29) is 6.61 Å². The fraction of sp³-hybridized carbons (Fsp3) is 0.429. The molecule has 1 saturated heterocycles. The third-order valence-corrected chi connectivity index (χ3v) is 3.50. The quantitative estimate of drug-likeness (QED) is 0.720. The molecule has 0 bridgehead atoms. The van der Waals surface area contributed by atoms with Crippen molar-refractivity contribution in [3.8, 4) is 5.75 Å². The summed E-state index contributed by atoms with van der Waals surface area (Å²) in [7, 11) is 0. The summed E-state index contributed by atoms with van der Waals surface area (Å²) < 4.78 is 10.8. The van der Waals surface area contributed by atoms with Crippen LogP contribution in [0.15, 0.2) is 24.3 Å². The lowest BCUT2D eigenvalue weighted by molar-refractivity contribution is -0.116. The average molecular weight is 264 g/mol. The molecule has 1 aromatic rings. The number of aliphatic hydroxyl groups excluding tert-OH is 3. The minimum absolute atomic E-state index is 0.356. The Bertz CT molecular complexity index is 499. The predicted molar refractivity (Wildman–Crippen MR) is 67.6 cm³/mol. The summed E-state index contributed by atoms with van der Waals surface area (Å²) in [5.41, 5.74) is 2.32. The first-order valence-corrected chi connectivity index (χ1v) is 6.27. The molecule has 0 saturated carbocycles. The van der Waals surface area contributed by atoms with E-state index in [0.717, 1.165) is 12.0 Å². The summed E-state index contributed by atoms with van der Waals surface area (Å²) in [6.45, 7) is -0.356. The number of ether oxygens (including phenoxy) is 2. The van der Waals surface area contributed by atoms with Crippen LogP contribution in [-0.2, 0) is 11.2 Å². The number of hydrogen-bond donors (Lipinski definition) is 3. The van der Waals surface area contributed by atoms with Gasteiger partial charge in [-0.2, -0.15) is 0 Å². The van der Waals surface area contributed by atoms with Gasteiger partial charge in [-0.1, -0.05) is 18.2 Å². The van der Waals surface area contributed by atoms with E-state index in [1.54, 1.807) is 6.07 Å². The maximum Gasteiger partial charge on any atom is 0.229 e. The van der Waals surface area contributed by atoms with Crippen LogP contribution >= 0.6 is 0 Å². The molecule has 1 aliphatic heterocycles. The Morgan fingerprint density at radius 1 is 1.26 bits per heavy atom. The second-order valence-electron chi connectivity index (χ2n) is 4.79. The van der Waals surface area contributed by atoms with Crippen molar-refractivity contribution in [1.82, 2.24) is 0 Å². The normalized spacial score (nSPS) is 32.6. The Morgan fingerprint density at radius 2 is 2.11 bits per heavy atom. The summed E-state index contributed by atoms with van der Waals surface area (Å²) >= 11 is 0. The number of hydrogen-bond acceptors (Lipinski definition) is 5. The van der Waals surface area contributed by atoms with Crippen LogP contribution in [0.2, 0.25) is 0 Å². The first-order valence-electron chi connectivity index (χ1n) is 6.27. The molecule has 0 amide bonds. The topological polar surface area (TPSA) is 79.2 Å². The van der Waals surface area contributed by atoms with Crippen molar-refractivity contribution in [2.24, 2.45) is 0 Å². The van der Waals surface area contributed by atoms with Gasteiger partial charge >= 0.3 is 0 Å². The molecule has 4 atom stereocenters. The van der Waals surface area contributed by atoms with E-state index in [9.17, 15) is 10.2 Å². The van der Waals surface area contributed by atoms with Gasteiger partial charge < -0.3 is 24.8 Å². The highest BCUT2D eigenvalue weighted by Crippen LogP contribution is 2.28. The van der Waals surface area contributed by atoms with Crippen LogP contribution in [-0.4, -0.2) is 46.5 Å². The van der Waals surface area contributed by atoms with Crippen LogP contribution in [0.4, 0.5) is 0 Å². The second-order valence-corrected chi connectivity index (χ2v) is 4.79. The molecule has 3 N–H and O–H groups in total. The first kappa shape index (κ1) is 12.6. The molecule has 0 unspecified atom stereocenters. The van der Waals surface area contributed by atoms with Crippen molar-refractivity contribution in [1.29, 1.82) is 0 Å². The lowest BCUT2D eigenvalue weighted by atomic mass is 10.1. The second kappa shape index (κ2) is 4.94. The minimum atomic E-state index is -1.17. The van der Waals surface area contributed by atoms with Crippen LogP contribution < -0.4 is 4.74 Å². The maximum absolute atomic E-state index is 9.79. The molecule has 0 radical (unpaired) electrons. The summed E-state index contributed by atoms with van der Waals surface area (Å²) in [5, 5.41) is 28.4. The Morgan fingerprint density at radius 3 is 2.84 bits per heavy atom. The standard InChI is InChI=1S/C14H16O5/c15-7-11-12(16)13(17)14(19-11)18-10-5-4-8-2-1-3-9(8)6-10/h1,3-6,11-17H,2,7H2/t11-,12+,13-,14-/m1/s1. The van der Waals surface area contributed by atoms with Crippen LogP contribution in [0.1, 0.15) is 11.1 Å². The highest BCUT2D eigenvalue weighted by Gasteiger charge is 2.43. The molecule has 5 nitrogen and oxygen atoms in total. The monoisotopic (exact) mass is 264 g/mol. The summed E-state index contributed by atoms with van der Waals surface area (Å²) in [6, 6.07) is 5.64. The molecule has 0 aromatic heterocycles. The van der Waals surface area contributed by atoms with Crippen molar-refractivity contribution in [3.63, 3.8) is 0 Å². The zero-order chi connectivity index (χ0) is 13.4. The van der Waals surface area contributed by atoms with E-state index in [1.165, 1.54) is 5.56 Å². The van der Waals surface area contributed by atoms with E-state index >= 15 is 0 Å². The molecule has 5 heteroatoms. The van der Waals surface area contributed by atoms with Crippen LogP contribution in [0.3, 0.4) is 0 Å². The first-order chi connectivity index (χ1) is 9.19. The number of aliphatic hydroxyl groups is 3. The highest BCUT2D eigenvalue weighted by atomic mass is 16.7. The van der Waals surface area contributed by atoms with Gasteiger partial charge in [0.25, 0.3) is 0 Å². The van der Waals surface area contributed by atoms with Gasteiger partial charge in [0.05, 0.1) is 6.61 Å². The largest absolute Gasteiger partial charge is 0.462 e. The molecule has 2 aliphatic rings. The molecule has 1 fully saturated rings. The Labute approximate surface area is 110 Å². The average Bonchev–Trinajstić information content (AvgIpc) is 2.98.